The highest BCUT2D eigenvalue weighted by Gasteiger charge is 2.13. The summed E-state index contributed by atoms with van der Waals surface area (Å²) in [4.78, 5) is 21.6. The second-order valence-electron chi connectivity index (χ2n) is 3.13. The first-order valence-electron chi connectivity index (χ1n) is 4.67. The van der Waals surface area contributed by atoms with Crippen molar-refractivity contribution >= 4 is 23.0 Å². The van der Waals surface area contributed by atoms with Crippen molar-refractivity contribution in [3.63, 3.8) is 0 Å². The maximum Gasteiger partial charge on any atom is 0.344 e. The normalized spacial score (nSPS) is 9.88. The van der Waals surface area contributed by atoms with Crippen LogP contribution < -0.4 is 4.74 Å². The first kappa shape index (κ1) is 11.3. The number of nitro benzene ring substituents is 1. The van der Waals surface area contributed by atoms with E-state index in [4.69, 9.17) is 4.74 Å². The Morgan fingerprint density at radius 3 is 2.76 bits per heavy atom. The zero-order valence-electron chi connectivity index (χ0n) is 8.53. The van der Waals surface area contributed by atoms with Crippen LogP contribution >= 0.6 is 11.3 Å². The number of hydrogen-bond donors (Lipinski definition) is 0. The highest BCUT2D eigenvalue weighted by Crippen LogP contribution is 2.20. The van der Waals surface area contributed by atoms with Crippen molar-refractivity contribution in [2.45, 2.75) is 0 Å². The molecule has 0 fully saturated rings. The molecule has 2 rings (SSSR count). The van der Waals surface area contributed by atoms with Gasteiger partial charge < -0.3 is 4.74 Å². The summed E-state index contributed by atoms with van der Waals surface area (Å²) < 4.78 is 5.03. The summed E-state index contributed by atoms with van der Waals surface area (Å²) in [6, 6.07) is 8.84. The minimum absolute atomic E-state index is 0.134. The van der Waals surface area contributed by atoms with E-state index in [9.17, 15) is 14.9 Å². The maximum absolute atomic E-state index is 11.6. The Kier molecular flexibility index (Phi) is 3.15. The molecule has 5 nitrogen and oxygen atoms in total. The lowest BCUT2D eigenvalue weighted by Crippen LogP contribution is -2.07. The fraction of sp³-hybridized carbons (Fsp3) is 0. The molecule has 6 heteroatoms. The van der Waals surface area contributed by atoms with Crippen molar-refractivity contribution in [1.29, 1.82) is 0 Å². The highest BCUT2D eigenvalue weighted by molar-refractivity contribution is 7.11. The first-order valence-corrected chi connectivity index (χ1v) is 5.55. The molecule has 17 heavy (non-hydrogen) atoms. The Hall–Kier alpha value is -2.21. The third-order valence-electron chi connectivity index (χ3n) is 1.98. The van der Waals surface area contributed by atoms with Crippen molar-refractivity contribution in [3.8, 4) is 5.06 Å². The predicted octanol–water partition coefficient (Wildman–Crippen LogP) is 2.88. The van der Waals surface area contributed by atoms with Crippen LogP contribution in [0.2, 0.25) is 0 Å². The van der Waals surface area contributed by atoms with Gasteiger partial charge in [0.25, 0.3) is 5.69 Å². The molecule has 1 heterocycles. The topological polar surface area (TPSA) is 69.4 Å². The molecule has 1 aromatic heterocycles. The number of non-ortho nitro benzene ring substituents is 1. The molecule has 0 saturated heterocycles. The monoisotopic (exact) mass is 249 g/mol. The van der Waals surface area contributed by atoms with Gasteiger partial charge in [0.2, 0.25) is 0 Å². The number of thiophene rings is 1. The zero-order valence-corrected chi connectivity index (χ0v) is 9.35. The van der Waals surface area contributed by atoms with Crippen molar-refractivity contribution < 1.29 is 14.5 Å². The van der Waals surface area contributed by atoms with E-state index in [0.717, 1.165) is 0 Å². The van der Waals surface area contributed by atoms with Gasteiger partial charge in [-0.05, 0) is 23.6 Å². The van der Waals surface area contributed by atoms with Crippen LogP contribution in [0.25, 0.3) is 0 Å². The molecule has 0 aliphatic carbocycles. The minimum atomic E-state index is -0.601. The number of rotatable bonds is 3. The van der Waals surface area contributed by atoms with Gasteiger partial charge in [-0.2, -0.15) is 0 Å². The summed E-state index contributed by atoms with van der Waals surface area (Å²) in [6.07, 6.45) is 0. The Bertz CT molecular complexity index is 550. The fourth-order valence-electron chi connectivity index (χ4n) is 1.22. The molecule has 0 bridgehead atoms. The van der Waals surface area contributed by atoms with Gasteiger partial charge in [-0.1, -0.05) is 6.07 Å². The number of benzene rings is 1. The zero-order chi connectivity index (χ0) is 12.3. The number of ether oxygens (including phenoxy) is 1. The summed E-state index contributed by atoms with van der Waals surface area (Å²) in [7, 11) is 0. The lowest BCUT2D eigenvalue weighted by atomic mass is 10.2. The highest BCUT2D eigenvalue weighted by atomic mass is 32.1. The summed E-state index contributed by atoms with van der Waals surface area (Å²) >= 11 is 1.28. The van der Waals surface area contributed by atoms with Crippen LogP contribution in [-0.2, 0) is 0 Å². The lowest BCUT2D eigenvalue weighted by Gasteiger charge is -2.00. The fourth-order valence-corrected chi connectivity index (χ4v) is 1.79. The number of hydrogen-bond acceptors (Lipinski definition) is 5. The second-order valence-corrected chi connectivity index (χ2v) is 4.04. The van der Waals surface area contributed by atoms with Gasteiger partial charge >= 0.3 is 5.97 Å². The molecule has 86 valence electrons. The standard InChI is InChI=1S/C11H7NO4S/c13-11(16-10-5-2-6-17-10)8-3-1-4-9(7-8)12(14)15/h1-7H. The van der Waals surface area contributed by atoms with Gasteiger partial charge in [0.15, 0.2) is 5.06 Å². The maximum atomic E-state index is 11.6. The molecule has 0 radical (unpaired) electrons. The number of carbonyl (C=O) groups excluding carboxylic acids is 1. The van der Waals surface area contributed by atoms with Crippen LogP contribution in [0.1, 0.15) is 10.4 Å². The molecule has 0 aliphatic heterocycles. The number of esters is 1. The quantitative estimate of drug-likeness (QED) is 0.476. The second kappa shape index (κ2) is 4.75. The van der Waals surface area contributed by atoms with E-state index in [2.05, 4.69) is 0 Å². The van der Waals surface area contributed by atoms with Gasteiger partial charge in [0, 0.05) is 12.1 Å². The summed E-state index contributed by atoms with van der Waals surface area (Å²) in [5.74, 6) is -0.601. The smallest absolute Gasteiger partial charge is 0.344 e. The number of nitro groups is 1. The molecular formula is C11H7NO4S. The van der Waals surface area contributed by atoms with E-state index < -0.39 is 10.9 Å². The lowest BCUT2D eigenvalue weighted by molar-refractivity contribution is -0.384. The molecule has 0 aliphatic rings. The van der Waals surface area contributed by atoms with Gasteiger partial charge in [0.05, 0.1) is 10.5 Å². The van der Waals surface area contributed by atoms with Crippen LogP contribution in [0.3, 0.4) is 0 Å². The summed E-state index contributed by atoms with van der Waals surface area (Å²) in [5.41, 5.74) is 0.0261. The molecule has 0 amide bonds. The molecule has 0 unspecified atom stereocenters. The van der Waals surface area contributed by atoms with E-state index in [0.29, 0.717) is 5.06 Å². The van der Waals surface area contributed by atoms with E-state index >= 15 is 0 Å². The van der Waals surface area contributed by atoms with Crippen molar-refractivity contribution in [2.24, 2.45) is 0 Å². The Labute approximate surface area is 100 Å². The molecule has 0 atom stereocenters. The largest absolute Gasteiger partial charge is 0.412 e. The number of carbonyl (C=O) groups is 1. The van der Waals surface area contributed by atoms with E-state index in [-0.39, 0.29) is 11.3 Å². The van der Waals surface area contributed by atoms with Gasteiger partial charge in [-0.25, -0.2) is 4.79 Å². The van der Waals surface area contributed by atoms with Crippen LogP contribution in [0.5, 0.6) is 5.06 Å². The summed E-state index contributed by atoms with van der Waals surface area (Å²) in [6.45, 7) is 0. The van der Waals surface area contributed by atoms with Crippen molar-refractivity contribution in [2.75, 3.05) is 0 Å². The van der Waals surface area contributed by atoms with Crippen molar-refractivity contribution in [1.82, 2.24) is 0 Å². The van der Waals surface area contributed by atoms with Crippen molar-refractivity contribution in [3.05, 3.63) is 57.5 Å². The summed E-state index contributed by atoms with van der Waals surface area (Å²) in [5, 5.41) is 12.8. The van der Waals surface area contributed by atoms with Crippen LogP contribution in [0.4, 0.5) is 5.69 Å². The van der Waals surface area contributed by atoms with Crippen LogP contribution in [-0.4, -0.2) is 10.9 Å². The average Bonchev–Trinajstić information content (AvgIpc) is 2.82. The molecule has 2 aromatic rings. The number of nitrogens with zero attached hydrogens (tertiary/aromatic N) is 1. The molecular weight excluding hydrogens is 242 g/mol. The van der Waals surface area contributed by atoms with Gasteiger partial charge in [-0.3, -0.25) is 10.1 Å². The third kappa shape index (κ3) is 2.67. The molecule has 0 saturated carbocycles. The molecule has 0 spiro atoms. The molecule has 1 aromatic carbocycles. The Morgan fingerprint density at radius 2 is 2.12 bits per heavy atom. The Morgan fingerprint density at radius 1 is 1.29 bits per heavy atom. The third-order valence-corrected chi connectivity index (χ3v) is 2.73. The van der Waals surface area contributed by atoms with E-state index in [1.54, 1.807) is 17.5 Å². The van der Waals surface area contributed by atoms with E-state index in [1.165, 1.54) is 35.6 Å². The van der Waals surface area contributed by atoms with Gasteiger partial charge in [0.1, 0.15) is 0 Å². The SMILES string of the molecule is O=C(Oc1cccs1)c1cccc([N+](=O)[O-])c1. The average molecular weight is 249 g/mol. The molecule has 0 N–H and O–H groups in total. The Balaban J connectivity index is 2.19. The van der Waals surface area contributed by atoms with Gasteiger partial charge in [-0.15, -0.1) is 11.3 Å². The van der Waals surface area contributed by atoms with Crippen LogP contribution in [0, 0.1) is 10.1 Å². The van der Waals surface area contributed by atoms with E-state index in [1.807, 2.05) is 0 Å². The first-order chi connectivity index (χ1) is 8.16. The minimum Gasteiger partial charge on any atom is -0.412 e. The van der Waals surface area contributed by atoms with Crippen LogP contribution in [0.15, 0.2) is 41.8 Å². The predicted molar refractivity (Wildman–Crippen MR) is 62.4 cm³/mol.